The third kappa shape index (κ3) is 3.81. The van der Waals surface area contributed by atoms with Crippen molar-refractivity contribution in [3.8, 4) is 0 Å². The Morgan fingerprint density at radius 1 is 1.35 bits per heavy atom. The lowest BCUT2D eigenvalue weighted by molar-refractivity contribution is 0.0830. The van der Waals surface area contributed by atoms with Crippen LogP contribution in [0.5, 0.6) is 0 Å². The van der Waals surface area contributed by atoms with Crippen LogP contribution in [-0.2, 0) is 0 Å². The fraction of sp³-hybridized carbons (Fsp3) is 0.625. The number of rotatable bonds is 2. The zero-order chi connectivity index (χ0) is 14.8. The van der Waals surface area contributed by atoms with E-state index in [2.05, 4.69) is 47.0 Å². The fourth-order valence-corrected chi connectivity index (χ4v) is 3.50. The molecule has 1 aliphatic rings. The van der Waals surface area contributed by atoms with Crippen molar-refractivity contribution in [1.82, 2.24) is 10.3 Å². The summed E-state index contributed by atoms with van der Waals surface area (Å²) in [4.78, 5) is 16.4. The van der Waals surface area contributed by atoms with Gasteiger partial charge in [-0.2, -0.15) is 0 Å². The van der Waals surface area contributed by atoms with Crippen molar-refractivity contribution >= 4 is 21.8 Å². The topological polar surface area (TPSA) is 42.0 Å². The molecular weight excluding hydrogens is 316 g/mol. The molecule has 1 heterocycles. The molecule has 0 aliphatic heterocycles. The highest BCUT2D eigenvalue weighted by Gasteiger charge is 2.34. The predicted molar refractivity (Wildman–Crippen MR) is 84.6 cm³/mol. The van der Waals surface area contributed by atoms with Crippen LogP contribution in [0.3, 0.4) is 0 Å². The van der Waals surface area contributed by atoms with E-state index in [1.165, 1.54) is 19.3 Å². The molecule has 4 heteroatoms. The molecule has 1 N–H and O–H groups in total. The Labute approximate surface area is 129 Å². The van der Waals surface area contributed by atoms with Gasteiger partial charge >= 0.3 is 0 Å². The molecule has 1 aromatic rings. The second-order valence-corrected chi connectivity index (χ2v) is 7.52. The molecule has 1 saturated carbocycles. The van der Waals surface area contributed by atoms with Crippen molar-refractivity contribution in [2.75, 3.05) is 0 Å². The van der Waals surface area contributed by atoms with E-state index in [1.807, 2.05) is 0 Å². The number of carbonyl (C=O) groups is 1. The van der Waals surface area contributed by atoms with Gasteiger partial charge in [-0.15, -0.1) is 0 Å². The Kier molecular flexibility index (Phi) is 4.84. The van der Waals surface area contributed by atoms with Crippen LogP contribution in [0.1, 0.15) is 56.8 Å². The van der Waals surface area contributed by atoms with E-state index in [-0.39, 0.29) is 17.4 Å². The molecule has 1 amide bonds. The second-order valence-electron chi connectivity index (χ2n) is 6.70. The highest BCUT2D eigenvalue weighted by molar-refractivity contribution is 9.10. The minimum Gasteiger partial charge on any atom is -0.349 e. The normalized spacial score (nSPS) is 23.4. The lowest BCUT2D eigenvalue weighted by Gasteiger charge is -2.40. The number of pyridine rings is 1. The molecule has 1 fully saturated rings. The maximum Gasteiger partial charge on any atom is 0.251 e. The summed E-state index contributed by atoms with van der Waals surface area (Å²) in [6.45, 7) is 6.81. The zero-order valence-corrected chi connectivity index (χ0v) is 14.0. The van der Waals surface area contributed by atoms with Gasteiger partial charge in [0.15, 0.2) is 0 Å². The van der Waals surface area contributed by atoms with Crippen molar-refractivity contribution < 1.29 is 4.79 Å². The van der Waals surface area contributed by atoms with Crippen molar-refractivity contribution in [2.24, 2.45) is 11.3 Å². The molecule has 1 aliphatic carbocycles. The summed E-state index contributed by atoms with van der Waals surface area (Å²) in [5.41, 5.74) is 0.905. The molecule has 20 heavy (non-hydrogen) atoms. The van der Waals surface area contributed by atoms with Crippen molar-refractivity contribution in [2.45, 2.75) is 52.5 Å². The first-order valence-corrected chi connectivity index (χ1v) is 8.09. The first-order valence-electron chi connectivity index (χ1n) is 7.30. The third-order valence-electron chi connectivity index (χ3n) is 4.18. The molecule has 0 saturated heterocycles. The maximum atomic E-state index is 12.4. The van der Waals surface area contributed by atoms with E-state index < -0.39 is 0 Å². The predicted octanol–water partition coefficient (Wildman–Crippen LogP) is 4.18. The number of hydrogen-bond acceptors (Lipinski definition) is 2. The summed E-state index contributed by atoms with van der Waals surface area (Å²) in [6.07, 6.45) is 6.42. The van der Waals surface area contributed by atoms with Crippen molar-refractivity contribution in [3.05, 3.63) is 28.5 Å². The van der Waals surface area contributed by atoms with Gasteiger partial charge in [0, 0.05) is 17.8 Å². The zero-order valence-electron chi connectivity index (χ0n) is 12.4. The monoisotopic (exact) mass is 338 g/mol. The van der Waals surface area contributed by atoms with E-state index in [9.17, 15) is 4.79 Å². The van der Waals surface area contributed by atoms with Gasteiger partial charge in [-0.1, -0.05) is 33.6 Å². The Morgan fingerprint density at radius 2 is 2.05 bits per heavy atom. The van der Waals surface area contributed by atoms with Crippen LogP contribution >= 0.6 is 15.9 Å². The van der Waals surface area contributed by atoms with Crippen molar-refractivity contribution in [3.63, 3.8) is 0 Å². The number of halogens is 1. The number of amides is 1. The summed E-state index contributed by atoms with van der Waals surface area (Å²) < 4.78 is 0.696. The van der Waals surface area contributed by atoms with Crippen LogP contribution < -0.4 is 5.32 Å². The van der Waals surface area contributed by atoms with Gasteiger partial charge in [-0.05, 0) is 52.2 Å². The summed E-state index contributed by atoms with van der Waals surface area (Å²) in [7, 11) is 0. The summed E-state index contributed by atoms with van der Waals surface area (Å²) >= 11 is 3.31. The lowest BCUT2D eigenvalue weighted by Crippen LogP contribution is -2.46. The van der Waals surface area contributed by atoms with Crippen molar-refractivity contribution in [1.29, 1.82) is 0 Å². The van der Waals surface area contributed by atoms with E-state index in [0.29, 0.717) is 16.1 Å². The molecule has 2 atom stereocenters. The van der Waals surface area contributed by atoms with Gasteiger partial charge in [0.2, 0.25) is 0 Å². The average Bonchev–Trinajstić information content (AvgIpc) is 2.38. The van der Waals surface area contributed by atoms with Crippen LogP contribution in [0.4, 0.5) is 0 Å². The fourth-order valence-electron chi connectivity index (χ4n) is 3.14. The van der Waals surface area contributed by atoms with Crippen LogP contribution in [0.25, 0.3) is 0 Å². The molecule has 1 aromatic heterocycles. The van der Waals surface area contributed by atoms with Gasteiger partial charge in [0.05, 0.1) is 0 Å². The molecule has 0 spiro atoms. The molecule has 0 bridgehead atoms. The number of nitrogens with one attached hydrogen (secondary N) is 1. The largest absolute Gasteiger partial charge is 0.349 e. The van der Waals surface area contributed by atoms with E-state index in [4.69, 9.17) is 0 Å². The minimum absolute atomic E-state index is 0.00856. The van der Waals surface area contributed by atoms with E-state index in [0.717, 1.165) is 6.42 Å². The SMILES string of the molecule is CC(C)(C)C1CCCCC1NC(=O)c1ccnc(Br)c1. The Balaban J connectivity index is 2.09. The Morgan fingerprint density at radius 3 is 2.70 bits per heavy atom. The molecule has 0 radical (unpaired) electrons. The van der Waals surface area contributed by atoms with Gasteiger partial charge in [0.1, 0.15) is 4.60 Å². The first-order chi connectivity index (χ1) is 9.38. The molecule has 0 aromatic carbocycles. The number of aromatic nitrogens is 1. The van der Waals surface area contributed by atoms with E-state index >= 15 is 0 Å². The smallest absolute Gasteiger partial charge is 0.251 e. The molecule has 2 unspecified atom stereocenters. The Bertz CT molecular complexity index is 482. The number of carbonyl (C=O) groups excluding carboxylic acids is 1. The van der Waals surface area contributed by atoms with E-state index in [1.54, 1.807) is 18.3 Å². The van der Waals surface area contributed by atoms with Crippen LogP contribution in [0.2, 0.25) is 0 Å². The van der Waals surface area contributed by atoms with Crippen LogP contribution in [0.15, 0.2) is 22.9 Å². The molecule has 110 valence electrons. The number of nitrogens with zero attached hydrogens (tertiary/aromatic N) is 1. The van der Waals surface area contributed by atoms with Crippen LogP contribution in [0, 0.1) is 11.3 Å². The van der Waals surface area contributed by atoms with Gasteiger partial charge in [-0.3, -0.25) is 4.79 Å². The highest BCUT2D eigenvalue weighted by atomic mass is 79.9. The van der Waals surface area contributed by atoms with Gasteiger partial charge < -0.3 is 5.32 Å². The first kappa shape index (κ1) is 15.5. The van der Waals surface area contributed by atoms with Gasteiger partial charge in [0.25, 0.3) is 5.91 Å². The molecule has 3 nitrogen and oxygen atoms in total. The quantitative estimate of drug-likeness (QED) is 0.822. The maximum absolute atomic E-state index is 12.4. The average molecular weight is 339 g/mol. The standard InChI is InChI=1S/C16H23BrN2O/c1-16(2,3)12-6-4-5-7-13(12)19-15(20)11-8-9-18-14(17)10-11/h8-10,12-13H,4-7H2,1-3H3,(H,19,20). The second kappa shape index (κ2) is 6.25. The summed E-state index contributed by atoms with van der Waals surface area (Å²) in [6, 6.07) is 3.81. The lowest BCUT2D eigenvalue weighted by atomic mass is 9.69. The number of hydrogen-bond donors (Lipinski definition) is 1. The Hall–Kier alpha value is -0.900. The molecule has 2 rings (SSSR count). The minimum atomic E-state index is 0.00856. The molecular formula is C16H23BrN2O. The van der Waals surface area contributed by atoms with Crippen LogP contribution in [-0.4, -0.2) is 16.9 Å². The third-order valence-corrected chi connectivity index (χ3v) is 4.62. The summed E-state index contributed by atoms with van der Waals surface area (Å²) in [5.74, 6) is 0.555. The summed E-state index contributed by atoms with van der Waals surface area (Å²) in [5, 5.41) is 3.23. The highest BCUT2D eigenvalue weighted by Crippen LogP contribution is 2.38. The van der Waals surface area contributed by atoms with Gasteiger partial charge in [-0.25, -0.2) is 4.98 Å².